The van der Waals surface area contributed by atoms with Crippen LogP contribution in [0.3, 0.4) is 0 Å². The van der Waals surface area contributed by atoms with Crippen molar-refractivity contribution in [2.75, 3.05) is 7.11 Å². The van der Waals surface area contributed by atoms with Crippen molar-refractivity contribution in [1.29, 1.82) is 0 Å². The van der Waals surface area contributed by atoms with E-state index in [2.05, 4.69) is 4.98 Å². The van der Waals surface area contributed by atoms with Gasteiger partial charge in [0.25, 0.3) is 0 Å². The van der Waals surface area contributed by atoms with Gasteiger partial charge in [0.1, 0.15) is 0 Å². The Morgan fingerprint density at radius 2 is 1.14 bits per heavy atom. The number of hydrogen-bond acceptors (Lipinski definition) is 3. The van der Waals surface area contributed by atoms with Crippen molar-refractivity contribution in [2.45, 2.75) is 0 Å². The van der Waals surface area contributed by atoms with Crippen LogP contribution in [0.4, 0.5) is 0 Å². The SMILES string of the molecule is COC(=O)c1c(-c2ccc(Cl)c(Cl)c2Cl)cncc1-c1ccc(Cl)c(Cl)c1Cl. The van der Waals surface area contributed by atoms with Crippen LogP contribution < -0.4 is 0 Å². The van der Waals surface area contributed by atoms with Gasteiger partial charge in [-0.15, -0.1) is 0 Å². The number of methoxy groups -OCH3 is 1. The number of esters is 1. The highest BCUT2D eigenvalue weighted by atomic mass is 35.5. The fourth-order valence-corrected chi connectivity index (χ4v) is 3.93. The minimum absolute atomic E-state index is 0.162. The van der Waals surface area contributed by atoms with Gasteiger partial charge in [0.05, 0.1) is 42.8 Å². The third-order valence-electron chi connectivity index (χ3n) is 3.99. The van der Waals surface area contributed by atoms with Crippen molar-refractivity contribution in [3.05, 3.63) is 72.4 Å². The third kappa shape index (κ3) is 3.80. The molecule has 144 valence electrons. The van der Waals surface area contributed by atoms with Crippen LogP contribution in [0.2, 0.25) is 30.1 Å². The summed E-state index contributed by atoms with van der Waals surface area (Å²) in [5.74, 6) is -0.614. The van der Waals surface area contributed by atoms with Crippen molar-refractivity contribution >= 4 is 75.6 Å². The monoisotopic (exact) mass is 493 g/mol. The first-order valence-corrected chi connectivity index (χ1v) is 9.88. The van der Waals surface area contributed by atoms with Gasteiger partial charge >= 0.3 is 5.97 Å². The van der Waals surface area contributed by atoms with Crippen molar-refractivity contribution < 1.29 is 9.53 Å². The van der Waals surface area contributed by atoms with Crippen LogP contribution in [-0.4, -0.2) is 18.1 Å². The fourth-order valence-electron chi connectivity index (χ4n) is 2.66. The molecule has 0 unspecified atom stereocenters. The van der Waals surface area contributed by atoms with Gasteiger partial charge < -0.3 is 4.74 Å². The summed E-state index contributed by atoms with van der Waals surface area (Å²) in [4.78, 5) is 16.9. The summed E-state index contributed by atoms with van der Waals surface area (Å²) < 4.78 is 4.98. The van der Waals surface area contributed by atoms with Gasteiger partial charge in [-0.25, -0.2) is 4.79 Å². The molecule has 0 N–H and O–H groups in total. The van der Waals surface area contributed by atoms with Gasteiger partial charge in [0.15, 0.2) is 0 Å². The molecule has 0 aliphatic carbocycles. The first kappa shape index (κ1) is 21.5. The molecule has 2 aromatic carbocycles. The number of benzene rings is 2. The highest BCUT2D eigenvalue weighted by molar-refractivity contribution is 6.50. The van der Waals surface area contributed by atoms with Crippen LogP contribution in [0.25, 0.3) is 22.3 Å². The van der Waals surface area contributed by atoms with E-state index in [9.17, 15) is 4.79 Å². The highest BCUT2D eigenvalue weighted by Crippen LogP contribution is 2.43. The minimum Gasteiger partial charge on any atom is -0.465 e. The molecule has 0 saturated carbocycles. The summed E-state index contributed by atoms with van der Waals surface area (Å²) >= 11 is 37.1. The van der Waals surface area contributed by atoms with Crippen LogP contribution in [-0.2, 0) is 4.74 Å². The largest absolute Gasteiger partial charge is 0.465 e. The van der Waals surface area contributed by atoms with Gasteiger partial charge in [0, 0.05) is 34.6 Å². The average molecular weight is 496 g/mol. The second-order valence-corrected chi connectivity index (χ2v) is 7.87. The molecule has 0 atom stereocenters. The zero-order chi connectivity index (χ0) is 20.6. The molecule has 0 bridgehead atoms. The van der Waals surface area contributed by atoms with E-state index in [-0.39, 0.29) is 35.7 Å². The van der Waals surface area contributed by atoms with Crippen molar-refractivity contribution in [3.63, 3.8) is 0 Å². The van der Waals surface area contributed by atoms with E-state index in [1.165, 1.54) is 19.5 Å². The number of ether oxygens (including phenoxy) is 1. The first-order chi connectivity index (χ1) is 13.3. The molecule has 1 heterocycles. The lowest BCUT2D eigenvalue weighted by Gasteiger charge is -2.16. The van der Waals surface area contributed by atoms with Gasteiger partial charge in [-0.3, -0.25) is 4.98 Å². The molecule has 0 saturated heterocycles. The highest BCUT2D eigenvalue weighted by Gasteiger charge is 2.24. The normalized spacial score (nSPS) is 10.8. The maximum absolute atomic E-state index is 12.7. The Bertz CT molecular complexity index is 1020. The predicted octanol–water partition coefficient (Wildman–Crippen LogP) is 8.12. The lowest BCUT2D eigenvalue weighted by Crippen LogP contribution is -2.07. The Balaban J connectivity index is 2.37. The molecule has 0 spiro atoms. The Hall–Kier alpha value is -1.20. The van der Waals surface area contributed by atoms with Crippen LogP contribution >= 0.6 is 69.6 Å². The van der Waals surface area contributed by atoms with Crippen molar-refractivity contribution in [1.82, 2.24) is 4.98 Å². The molecule has 0 amide bonds. The second-order valence-electron chi connectivity index (χ2n) is 5.55. The standard InChI is InChI=1S/C19H9Cl6NO2/c1-28-19(27)14-10(8-2-4-12(20)17(24)15(8)22)6-26-7-11(14)9-3-5-13(21)18(25)16(9)23/h2-7H,1H3. The molecular formula is C19H9Cl6NO2. The number of pyridine rings is 1. The Morgan fingerprint density at radius 1 is 0.714 bits per heavy atom. The fraction of sp³-hybridized carbons (Fsp3) is 0.0526. The van der Waals surface area contributed by atoms with E-state index >= 15 is 0 Å². The molecule has 28 heavy (non-hydrogen) atoms. The van der Waals surface area contributed by atoms with Crippen LogP contribution in [0.15, 0.2) is 36.7 Å². The summed E-state index contributed by atoms with van der Waals surface area (Å²) in [5, 5.41) is 1.25. The quantitative estimate of drug-likeness (QED) is 0.272. The number of aromatic nitrogens is 1. The zero-order valence-electron chi connectivity index (χ0n) is 14.0. The van der Waals surface area contributed by atoms with E-state index < -0.39 is 5.97 Å². The Labute approximate surface area is 191 Å². The van der Waals surface area contributed by atoms with Gasteiger partial charge in [-0.05, 0) is 12.1 Å². The number of rotatable bonds is 3. The van der Waals surface area contributed by atoms with Crippen molar-refractivity contribution in [3.8, 4) is 22.3 Å². The number of halogens is 6. The molecule has 0 radical (unpaired) electrons. The lowest BCUT2D eigenvalue weighted by atomic mass is 9.94. The molecule has 0 fully saturated rings. The molecular weight excluding hydrogens is 487 g/mol. The van der Waals surface area contributed by atoms with Gasteiger partial charge in [-0.2, -0.15) is 0 Å². The number of hydrogen-bond donors (Lipinski definition) is 0. The van der Waals surface area contributed by atoms with Crippen molar-refractivity contribution in [2.24, 2.45) is 0 Å². The summed E-state index contributed by atoms with van der Waals surface area (Å²) in [6.07, 6.45) is 2.96. The van der Waals surface area contributed by atoms with Gasteiger partial charge in [0.2, 0.25) is 0 Å². The van der Waals surface area contributed by atoms with E-state index in [1.54, 1.807) is 24.3 Å². The smallest absolute Gasteiger partial charge is 0.339 e. The van der Waals surface area contributed by atoms with Crippen LogP contribution in [0.5, 0.6) is 0 Å². The Morgan fingerprint density at radius 3 is 1.54 bits per heavy atom. The maximum atomic E-state index is 12.7. The van der Waals surface area contributed by atoms with Crippen LogP contribution in [0, 0.1) is 0 Å². The average Bonchev–Trinajstić information content (AvgIpc) is 2.69. The molecule has 3 rings (SSSR count). The Kier molecular flexibility index (Phi) is 6.65. The molecule has 1 aromatic heterocycles. The second kappa shape index (κ2) is 8.66. The number of nitrogens with zero attached hydrogens (tertiary/aromatic N) is 1. The predicted molar refractivity (Wildman–Crippen MR) is 117 cm³/mol. The van der Waals surface area contributed by atoms with Gasteiger partial charge in [-0.1, -0.05) is 81.7 Å². The summed E-state index contributed by atoms with van der Waals surface area (Å²) in [7, 11) is 1.27. The first-order valence-electron chi connectivity index (χ1n) is 7.62. The summed E-state index contributed by atoms with van der Waals surface area (Å²) in [6.45, 7) is 0. The molecule has 0 aliphatic heterocycles. The maximum Gasteiger partial charge on any atom is 0.339 e. The lowest BCUT2D eigenvalue weighted by molar-refractivity contribution is 0.0602. The topological polar surface area (TPSA) is 39.2 Å². The molecule has 9 heteroatoms. The van der Waals surface area contributed by atoms with E-state index in [4.69, 9.17) is 74.3 Å². The van der Waals surface area contributed by atoms with E-state index in [0.717, 1.165) is 0 Å². The summed E-state index contributed by atoms with van der Waals surface area (Å²) in [5.41, 5.74) is 1.91. The summed E-state index contributed by atoms with van der Waals surface area (Å²) in [6, 6.07) is 6.43. The van der Waals surface area contributed by atoms with E-state index in [1.807, 2.05) is 0 Å². The number of carbonyl (C=O) groups excluding carboxylic acids is 1. The molecule has 0 aliphatic rings. The minimum atomic E-state index is -0.614. The molecule has 3 aromatic rings. The third-order valence-corrected chi connectivity index (χ3v) is 6.57. The van der Waals surface area contributed by atoms with Crippen LogP contribution in [0.1, 0.15) is 10.4 Å². The zero-order valence-corrected chi connectivity index (χ0v) is 18.5. The molecule has 3 nitrogen and oxygen atoms in total. The number of carbonyl (C=O) groups is 1. The van der Waals surface area contributed by atoms with E-state index in [0.29, 0.717) is 22.3 Å².